The van der Waals surface area contributed by atoms with Crippen LogP contribution in [0.2, 0.25) is 5.02 Å². The minimum absolute atomic E-state index is 0.201. The molecule has 1 unspecified atom stereocenters. The molecule has 0 aromatic heterocycles. The van der Waals surface area contributed by atoms with Gasteiger partial charge in [-0.3, -0.25) is 0 Å². The summed E-state index contributed by atoms with van der Waals surface area (Å²) in [4.78, 5) is 0. The highest BCUT2D eigenvalue weighted by atomic mass is 35.5. The summed E-state index contributed by atoms with van der Waals surface area (Å²) in [6, 6.07) is 6.72. The molecule has 0 aliphatic heterocycles. The molecule has 1 aliphatic carbocycles. The predicted octanol–water partition coefficient (Wildman–Crippen LogP) is 4.28. The Hall–Kier alpha value is -0.530. The van der Waals surface area contributed by atoms with Gasteiger partial charge in [0.25, 0.3) is 0 Å². The second kappa shape index (κ2) is 5.88. The van der Waals surface area contributed by atoms with E-state index < -0.39 is 0 Å². The Labute approximate surface area is 109 Å². The average molecular weight is 252 g/mol. The molecule has 2 N–H and O–H groups in total. The maximum absolute atomic E-state index is 6.41. The Morgan fingerprint density at radius 3 is 2.59 bits per heavy atom. The minimum Gasteiger partial charge on any atom is -0.328 e. The van der Waals surface area contributed by atoms with Crippen LogP contribution in [0.3, 0.4) is 0 Å². The zero-order chi connectivity index (χ0) is 12.3. The normalized spacial score (nSPS) is 19.2. The summed E-state index contributed by atoms with van der Waals surface area (Å²) in [5, 5.41) is 0.940. The molecule has 0 spiro atoms. The molecule has 1 aromatic rings. The first-order valence-corrected chi connectivity index (χ1v) is 7.08. The molecule has 1 fully saturated rings. The molecule has 2 heteroatoms. The fourth-order valence-corrected chi connectivity index (χ4v) is 3.17. The van der Waals surface area contributed by atoms with Crippen LogP contribution in [0.1, 0.15) is 56.1 Å². The second-order valence-corrected chi connectivity index (χ2v) is 5.78. The molecule has 17 heavy (non-hydrogen) atoms. The molecule has 0 bridgehead atoms. The van der Waals surface area contributed by atoms with Gasteiger partial charge in [-0.1, -0.05) is 43.0 Å². The van der Waals surface area contributed by atoms with Gasteiger partial charge in [0, 0.05) is 11.1 Å². The van der Waals surface area contributed by atoms with Gasteiger partial charge in [0.2, 0.25) is 0 Å². The van der Waals surface area contributed by atoms with Gasteiger partial charge in [-0.05, 0) is 49.3 Å². The maximum atomic E-state index is 6.41. The van der Waals surface area contributed by atoms with Gasteiger partial charge in [-0.15, -0.1) is 0 Å². The van der Waals surface area contributed by atoms with E-state index in [1.165, 1.54) is 43.2 Å². The fourth-order valence-electron chi connectivity index (χ4n) is 2.81. The molecular formula is C15H22ClN. The van der Waals surface area contributed by atoms with Gasteiger partial charge in [0.15, 0.2) is 0 Å². The SMILES string of the molecule is CC(N)Cc1ccc(C2CCCCC2)c(Cl)c1. The summed E-state index contributed by atoms with van der Waals surface area (Å²) in [5.74, 6) is 0.681. The van der Waals surface area contributed by atoms with Crippen LogP contribution in [0, 0.1) is 0 Å². The van der Waals surface area contributed by atoms with E-state index in [-0.39, 0.29) is 6.04 Å². The van der Waals surface area contributed by atoms with Gasteiger partial charge in [-0.2, -0.15) is 0 Å². The Morgan fingerprint density at radius 1 is 1.29 bits per heavy atom. The smallest absolute Gasteiger partial charge is 0.0443 e. The van der Waals surface area contributed by atoms with Crippen molar-refractivity contribution in [2.75, 3.05) is 0 Å². The summed E-state index contributed by atoms with van der Waals surface area (Å²) in [7, 11) is 0. The van der Waals surface area contributed by atoms with E-state index in [0.717, 1.165) is 11.4 Å². The van der Waals surface area contributed by atoms with Crippen molar-refractivity contribution < 1.29 is 0 Å². The number of halogens is 1. The van der Waals surface area contributed by atoms with E-state index >= 15 is 0 Å². The monoisotopic (exact) mass is 251 g/mol. The molecule has 1 saturated carbocycles. The van der Waals surface area contributed by atoms with Gasteiger partial charge in [0.1, 0.15) is 0 Å². The molecule has 0 radical (unpaired) electrons. The number of rotatable bonds is 3. The van der Waals surface area contributed by atoms with E-state index in [0.29, 0.717) is 5.92 Å². The van der Waals surface area contributed by atoms with Crippen LogP contribution in [0.15, 0.2) is 18.2 Å². The van der Waals surface area contributed by atoms with Crippen molar-refractivity contribution in [2.24, 2.45) is 5.73 Å². The van der Waals surface area contributed by atoms with Crippen LogP contribution in [0.4, 0.5) is 0 Å². The molecule has 1 nitrogen and oxygen atoms in total. The number of hydrogen-bond donors (Lipinski definition) is 1. The summed E-state index contributed by atoms with van der Waals surface area (Å²) in [6.45, 7) is 2.03. The van der Waals surface area contributed by atoms with Crippen LogP contribution in [-0.4, -0.2) is 6.04 Å². The zero-order valence-electron chi connectivity index (χ0n) is 10.6. The van der Waals surface area contributed by atoms with Crippen LogP contribution < -0.4 is 5.73 Å². The third-order valence-corrected chi connectivity index (χ3v) is 3.99. The van der Waals surface area contributed by atoms with Crippen LogP contribution in [0.25, 0.3) is 0 Å². The van der Waals surface area contributed by atoms with Crippen molar-refractivity contribution in [3.63, 3.8) is 0 Å². The number of hydrogen-bond acceptors (Lipinski definition) is 1. The summed E-state index contributed by atoms with van der Waals surface area (Å²) in [6.07, 6.45) is 7.59. The topological polar surface area (TPSA) is 26.0 Å². The summed E-state index contributed by atoms with van der Waals surface area (Å²) >= 11 is 6.41. The first-order valence-electron chi connectivity index (χ1n) is 6.70. The average Bonchev–Trinajstić information content (AvgIpc) is 2.29. The lowest BCUT2D eigenvalue weighted by atomic mass is 9.83. The van der Waals surface area contributed by atoms with Crippen LogP contribution in [0.5, 0.6) is 0 Å². The Balaban J connectivity index is 2.13. The molecule has 1 atom stereocenters. The van der Waals surface area contributed by atoms with Gasteiger partial charge >= 0.3 is 0 Å². The van der Waals surface area contributed by atoms with E-state index in [2.05, 4.69) is 18.2 Å². The predicted molar refractivity (Wildman–Crippen MR) is 74.6 cm³/mol. The third kappa shape index (κ3) is 3.46. The van der Waals surface area contributed by atoms with Crippen molar-refractivity contribution in [1.82, 2.24) is 0 Å². The number of nitrogens with two attached hydrogens (primary N) is 1. The largest absolute Gasteiger partial charge is 0.328 e. The highest BCUT2D eigenvalue weighted by Gasteiger charge is 2.18. The highest BCUT2D eigenvalue weighted by Crippen LogP contribution is 2.36. The lowest BCUT2D eigenvalue weighted by Crippen LogP contribution is -2.17. The van der Waals surface area contributed by atoms with Crippen molar-refractivity contribution >= 4 is 11.6 Å². The van der Waals surface area contributed by atoms with Crippen molar-refractivity contribution in [3.05, 3.63) is 34.3 Å². The van der Waals surface area contributed by atoms with Crippen LogP contribution >= 0.6 is 11.6 Å². The molecule has 1 aromatic carbocycles. The van der Waals surface area contributed by atoms with Gasteiger partial charge < -0.3 is 5.73 Å². The molecule has 2 rings (SSSR count). The fraction of sp³-hybridized carbons (Fsp3) is 0.600. The number of benzene rings is 1. The highest BCUT2D eigenvalue weighted by molar-refractivity contribution is 6.31. The van der Waals surface area contributed by atoms with Crippen molar-refractivity contribution in [2.45, 2.75) is 57.4 Å². The van der Waals surface area contributed by atoms with E-state index in [9.17, 15) is 0 Å². The lowest BCUT2D eigenvalue weighted by molar-refractivity contribution is 0.443. The molecule has 0 amide bonds. The second-order valence-electron chi connectivity index (χ2n) is 5.37. The van der Waals surface area contributed by atoms with Crippen LogP contribution in [-0.2, 0) is 6.42 Å². The molecule has 1 aliphatic rings. The first kappa shape index (κ1) is 12.9. The maximum Gasteiger partial charge on any atom is 0.0443 e. The van der Waals surface area contributed by atoms with Gasteiger partial charge in [-0.25, -0.2) is 0 Å². The molecule has 94 valence electrons. The Bertz CT molecular complexity index is 367. The lowest BCUT2D eigenvalue weighted by Gasteiger charge is -2.23. The quantitative estimate of drug-likeness (QED) is 0.853. The summed E-state index contributed by atoms with van der Waals surface area (Å²) in [5.41, 5.74) is 8.41. The molecule has 0 heterocycles. The van der Waals surface area contributed by atoms with Gasteiger partial charge in [0.05, 0.1) is 0 Å². The third-order valence-electron chi connectivity index (χ3n) is 3.67. The zero-order valence-corrected chi connectivity index (χ0v) is 11.3. The minimum atomic E-state index is 0.201. The molecular weight excluding hydrogens is 230 g/mol. The van der Waals surface area contributed by atoms with E-state index in [1.54, 1.807) is 0 Å². The van der Waals surface area contributed by atoms with E-state index in [1.807, 2.05) is 6.92 Å². The standard InChI is InChI=1S/C15H22ClN/c1-11(17)9-12-7-8-14(15(16)10-12)13-5-3-2-4-6-13/h7-8,10-11,13H,2-6,9,17H2,1H3. The Morgan fingerprint density at radius 2 is 2.00 bits per heavy atom. The van der Waals surface area contributed by atoms with Crippen molar-refractivity contribution in [3.8, 4) is 0 Å². The van der Waals surface area contributed by atoms with E-state index in [4.69, 9.17) is 17.3 Å². The summed E-state index contributed by atoms with van der Waals surface area (Å²) < 4.78 is 0. The Kier molecular flexibility index (Phi) is 4.47. The van der Waals surface area contributed by atoms with Crippen molar-refractivity contribution in [1.29, 1.82) is 0 Å². The molecule has 0 saturated heterocycles. The first-order chi connectivity index (χ1) is 8.16.